The number of nitrogens with zero attached hydrogens (tertiary/aromatic N) is 1. The molecule has 0 aromatic heterocycles. The van der Waals surface area contributed by atoms with Crippen LogP contribution in [0.2, 0.25) is 5.02 Å². The second-order valence-electron chi connectivity index (χ2n) is 7.68. The fraction of sp³-hybridized carbons (Fsp3) is 0.650. The van der Waals surface area contributed by atoms with Crippen molar-refractivity contribution in [1.82, 2.24) is 10.2 Å². The largest absolute Gasteiger partial charge is 0.317 e. The zero-order valence-corrected chi connectivity index (χ0v) is 15.0. The van der Waals surface area contributed by atoms with Crippen LogP contribution in [0.3, 0.4) is 0 Å². The molecule has 2 aliphatic heterocycles. The summed E-state index contributed by atoms with van der Waals surface area (Å²) in [4.78, 5) is 16.1. The highest BCUT2D eigenvalue weighted by Crippen LogP contribution is 2.51. The molecule has 1 unspecified atom stereocenters. The zero-order valence-electron chi connectivity index (χ0n) is 14.3. The van der Waals surface area contributed by atoms with E-state index in [0.717, 1.165) is 43.9 Å². The summed E-state index contributed by atoms with van der Waals surface area (Å²) in [5.41, 5.74) is 0.949. The van der Waals surface area contributed by atoms with Crippen LogP contribution in [0, 0.1) is 0 Å². The van der Waals surface area contributed by atoms with Gasteiger partial charge in [-0.25, -0.2) is 0 Å². The Morgan fingerprint density at radius 3 is 2.46 bits per heavy atom. The summed E-state index contributed by atoms with van der Waals surface area (Å²) in [5, 5.41) is 4.19. The van der Waals surface area contributed by atoms with E-state index in [0.29, 0.717) is 11.8 Å². The van der Waals surface area contributed by atoms with Gasteiger partial charge in [-0.3, -0.25) is 9.69 Å². The highest BCUT2D eigenvalue weighted by Gasteiger charge is 2.54. The van der Waals surface area contributed by atoms with Crippen LogP contribution in [0.25, 0.3) is 0 Å². The number of nitrogens with one attached hydrogen (secondary N) is 1. The van der Waals surface area contributed by atoms with Crippen molar-refractivity contribution in [2.45, 2.75) is 62.4 Å². The Bertz CT molecular complexity index is 590. The lowest BCUT2D eigenvalue weighted by molar-refractivity contribution is -0.129. The molecule has 1 aliphatic carbocycles. The SMILES string of the molecule is O=C(C1CCCCN1C1CCNCC1)C1(c2ccc(Cl)cc2)CC1. The molecule has 24 heavy (non-hydrogen) atoms. The minimum absolute atomic E-state index is 0.125. The van der Waals surface area contributed by atoms with Gasteiger partial charge in [-0.1, -0.05) is 30.2 Å². The van der Waals surface area contributed by atoms with Gasteiger partial charge in [0.05, 0.1) is 11.5 Å². The molecule has 1 atom stereocenters. The van der Waals surface area contributed by atoms with Crippen molar-refractivity contribution in [1.29, 1.82) is 0 Å². The van der Waals surface area contributed by atoms with Crippen LogP contribution in [0.4, 0.5) is 0 Å². The lowest BCUT2D eigenvalue weighted by Gasteiger charge is -2.43. The van der Waals surface area contributed by atoms with Gasteiger partial charge in [-0.05, 0) is 75.9 Å². The fourth-order valence-corrected chi connectivity index (χ4v) is 4.83. The Morgan fingerprint density at radius 2 is 1.79 bits per heavy atom. The summed E-state index contributed by atoms with van der Waals surface area (Å²) in [6.07, 6.45) is 7.83. The number of hydrogen-bond acceptors (Lipinski definition) is 3. The molecule has 3 aliphatic rings. The summed E-state index contributed by atoms with van der Waals surface area (Å²) in [5.74, 6) is 0.475. The van der Waals surface area contributed by atoms with Crippen molar-refractivity contribution in [3.8, 4) is 0 Å². The average Bonchev–Trinajstić information content (AvgIpc) is 3.44. The van der Waals surface area contributed by atoms with Gasteiger partial charge < -0.3 is 5.32 Å². The molecule has 0 radical (unpaired) electrons. The number of benzene rings is 1. The van der Waals surface area contributed by atoms with Crippen LogP contribution in [0.1, 0.15) is 50.5 Å². The molecule has 1 saturated carbocycles. The summed E-state index contributed by atoms with van der Waals surface area (Å²) < 4.78 is 0. The number of halogens is 1. The molecular weight excluding hydrogens is 320 g/mol. The molecule has 0 spiro atoms. The highest BCUT2D eigenvalue weighted by atomic mass is 35.5. The molecule has 1 N–H and O–H groups in total. The number of carbonyl (C=O) groups is 1. The number of likely N-dealkylation sites (tertiary alicyclic amines) is 1. The van der Waals surface area contributed by atoms with E-state index in [9.17, 15) is 4.79 Å². The number of rotatable bonds is 4. The number of carbonyl (C=O) groups excluding carboxylic acids is 1. The summed E-state index contributed by atoms with van der Waals surface area (Å²) in [6, 6.07) is 8.68. The first kappa shape index (κ1) is 16.6. The molecule has 1 aromatic rings. The monoisotopic (exact) mass is 346 g/mol. The van der Waals surface area contributed by atoms with E-state index in [-0.39, 0.29) is 11.5 Å². The van der Waals surface area contributed by atoms with Gasteiger partial charge in [0, 0.05) is 11.1 Å². The predicted octanol–water partition coefficient (Wildman–Crippen LogP) is 3.55. The molecule has 1 aromatic carbocycles. The summed E-state index contributed by atoms with van der Waals surface area (Å²) in [7, 11) is 0. The van der Waals surface area contributed by atoms with Crippen molar-refractivity contribution in [2.75, 3.05) is 19.6 Å². The Morgan fingerprint density at radius 1 is 1.08 bits per heavy atom. The van der Waals surface area contributed by atoms with Crippen molar-refractivity contribution in [3.63, 3.8) is 0 Å². The Balaban J connectivity index is 1.56. The summed E-state index contributed by atoms with van der Waals surface area (Å²) >= 11 is 6.04. The van der Waals surface area contributed by atoms with Crippen molar-refractivity contribution in [3.05, 3.63) is 34.9 Å². The lowest BCUT2D eigenvalue weighted by Crippen LogP contribution is -2.55. The van der Waals surface area contributed by atoms with Crippen LogP contribution in [-0.4, -0.2) is 42.4 Å². The van der Waals surface area contributed by atoms with Gasteiger partial charge in [0.1, 0.15) is 0 Å². The van der Waals surface area contributed by atoms with E-state index in [4.69, 9.17) is 11.6 Å². The maximum atomic E-state index is 13.5. The lowest BCUT2D eigenvalue weighted by atomic mass is 9.82. The number of piperidine rings is 2. The molecule has 3 nitrogen and oxygen atoms in total. The molecule has 0 amide bonds. The third-order valence-electron chi connectivity index (χ3n) is 6.24. The van der Waals surface area contributed by atoms with Crippen molar-refractivity contribution < 1.29 is 4.79 Å². The molecule has 4 heteroatoms. The third kappa shape index (κ3) is 3.02. The molecular formula is C20H27ClN2O. The van der Waals surface area contributed by atoms with Crippen molar-refractivity contribution in [2.24, 2.45) is 0 Å². The Labute approximate surface area is 149 Å². The molecule has 130 valence electrons. The second kappa shape index (κ2) is 6.78. The Hall–Kier alpha value is -0.900. The Kier molecular flexibility index (Phi) is 4.68. The van der Waals surface area contributed by atoms with Crippen LogP contribution >= 0.6 is 11.6 Å². The second-order valence-corrected chi connectivity index (χ2v) is 8.12. The van der Waals surface area contributed by atoms with E-state index in [1.807, 2.05) is 12.1 Å². The van der Waals surface area contributed by atoms with Crippen LogP contribution in [-0.2, 0) is 10.2 Å². The topological polar surface area (TPSA) is 32.3 Å². The smallest absolute Gasteiger partial charge is 0.160 e. The predicted molar refractivity (Wildman–Crippen MR) is 97.6 cm³/mol. The standard InChI is InChI=1S/C20H27ClN2O/c21-16-6-4-15(5-7-16)20(10-11-20)19(24)18-3-1-2-14-23(18)17-8-12-22-13-9-17/h4-7,17-18,22H,1-3,8-14H2. The maximum Gasteiger partial charge on any atom is 0.160 e. The van der Waals surface area contributed by atoms with Gasteiger partial charge in [-0.2, -0.15) is 0 Å². The fourth-order valence-electron chi connectivity index (χ4n) is 4.70. The van der Waals surface area contributed by atoms with E-state index in [2.05, 4.69) is 22.3 Å². The van der Waals surface area contributed by atoms with Crippen LogP contribution in [0.15, 0.2) is 24.3 Å². The third-order valence-corrected chi connectivity index (χ3v) is 6.49. The van der Waals surface area contributed by atoms with Gasteiger partial charge in [0.15, 0.2) is 5.78 Å². The summed E-state index contributed by atoms with van der Waals surface area (Å²) in [6.45, 7) is 3.27. The quantitative estimate of drug-likeness (QED) is 0.905. The van der Waals surface area contributed by atoms with Crippen LogP contribution < -0.4 is 5.32 Å². The van der Waals surface area contributed by atoms with E-state index in [1.165, 1.54) is 31.2 Å². The highest BCUT2D eigenvalue weighted by molar-refractivity contribution is 6.30. The number of Topliss-reactive ketones (excluding diaryl/α,β-unsaturated/α-hetero) is 1. The van der Waals surface area contributed by atoms with Gasteiger partial charge in [0.25, 0.3) is 0 Å². The number of ketones is 1. The van der Waals surface area contributed by atoms with E-state index < -0.39 is 0 Å². The minimum atomic E-state index is -0.224. The first-order valence-electron chi connectivity index (χ1n) is 9.47. The van der Waals surface area contributed by atoms with E-state index >= 15 is 0 Å². The van der Waals surface area contributed by atoms with Gasteiger partial charge in [-0.15, -0.1) is 0 Å². The normalized spacial score (nSPS) is 27.8. The molecule has 4 rings (SSSR count). The first-order valence-corrected chi connectivity index (χ1v) is 9.85. The average molecular weight is 347 g/mol. The molecule has 3 fully saturated rings. The minimum Gasteiger partial charge on any atom is -0.317 e. The van der Waals surface area contributed by atoms with Crippen molar-refractivity contribution >= 4 is 17.4 Å². The molecule has 2 saturated heterocycles. The van der Waals surface area contributed by atoms with Crippen LogP contribution in [0.5, 0.6) is 0 Å². The molecule has 0 bridgehead atoms. The first-order chi connectivity index (χ1) is 11.7. The number of hydrogen-bond donors (Lipinski definition) is 1. The maximum absolute atomic E-state index is 13.5. The van der Waals surface area contributed by atoms with Gasteiger partial charge >= 0.3 is 0 Å². The molecule has 2 heterocycles. The zero-order chi connectivity index (χ0) is 16.6. The van der Waals surface area contributed by atoms with E-state index in [1.54, 1.807) is 0 Å². The van der Waals surface area contributed by atoms with Gasteiger partial charge in [0.2, 0.25) is 0 Å².